The number of carbonyl (C=O) groups excluding carboxylic acids is 2. The Morgan fingerprint density at radius 2 is 2.11 bits per heavy atom. The highest BCUT2D eigenvalue weighted by atomic mass is 19.1. The summed E-state index contributed by atoms with van der Waals surface area (Å²) in [5.74, 6) is -0.933. The van der Waals surface area contributed by atoms with Gasteiger partial charge in [0.05, 0.1) is 17.1 Å². The molecule has 0 bridgehead atoms. The fourth-order valence-electron chi connectivity index (χ4n) is 4.49. The number of benzene rings is 2. The molecule has 2 atom stereocenters. The van der Waals surface area contributed by atoms with Gasteiger partial charge >= 0.3 is 6.01 Å². The number of hydrogen-bond donors (Lipinski definition) is 3. The van der Waals surface area contributed by atoms with Crippen molar-refractivity contribution >= 4 is 45.0 Å². The van der Waals surface area contributed by atoms with Crippen molar-refractivity contribution in [1.82, 2.24) is 24.6 Å². The second-order valence-electron chi connectivity index (χ2n) is 9.59. The molecular formula is C26H29FN8O3. The first-order chi connectivity index (χ1) is 18.2. The summed E-state index contributed by atoms with van der Waals surface area (Å²) < 4.78 is 21.9. The summed E-state index contributed by atoms with van der Waals surface area (Å²) in [7, 11) is 3.45. The lowest BCUT2D eigenvalue weighted by Gasteiger charge is -2.19. The van der Waals surface area contributed by atoms with E-state index in [1.54, 1.807) is 49.6 Å². The molecule has 0 aliphatic carbocycles. The molecule has 0 radical (unpaired) electrons. The number of hydrogen-bond acceptors (Lipinski definition) is 8. The molecule has 2 aromatic carbocycles. The van der Waals surface area contributed by atoms with Crippen LogP contribution in [-0.4, -0.2) is 68.7 Å². The van der Waals surface area contributed by atoms with E-state index in [1.807, 2.05) is 6.92 Å². The summed E-state index contributed by atoms with van der Waals surface area (Å²) in [4.78, 5) is 35.7. The maximum Gasteiger partial charge on any atom is 0.317 e. The first-order valence-electron chi connectivity index (χ1n) is 12.3. The van der Waals surface area contributed by atoms with Gasteiger partial charge < -0.3 is 26.0 Å². The topological polar surface area (TPSA) is 140 Å². The van der Waals surface area contributed by atoms with Crippen LogP contribution in [0.5, 0.6) is 6.01 Å². The van der Waals surface area contributed by atoms with E-state index in [0.717, 1.165) is 0 Å². The zero-order chi connectivity index (χ0) is 27.0. The third-order valence-electron chi connectivity index (χ3n) is 6.56. The molecule has 1 saturated heterocycles. The Morgan fingerprint density at radius 1 is 1.29 bits per heavy atom. The van der Waals surface area contributed by atoms with Crippen LogP contribution in [0.15, 0.2) is 36.7 Å². The Hall–Kier alpha value is -4.32. The Morgan fingerprint density at radius 3 is 2.84 bits per heavy atom. The lowest BCUT2D eigenvalue weighted by atomic mass is 10.1. The Bertz CT molecular complexity index is 1540. The Kier molecular flexibility index (Phi) is 6.81. The number of likely N-dealkylation sites (tertiary alicyclic amines) is 1. The fourth-order valence-corrected chi connectivity index (χ4v) is 4.49. The maximum atomic E-state index is 14.6. The number of nitrogens with one attached hydrogen (secondary N) is 2. The van der Waals surface area contributed by atoms with E-state index < -0.39 is 11.7 Å². The molecular weight excluding hydrogens is 491 g/mol. The van der Waals surface area contributed by atoms with Gasteiger partial charge in [-0.05, 0) is 37.6 Å². The normalized spacial score (nSPS) is 16.3. The number of anilines is 2. The standard InChI is InChI=1S/C26H29FN8O3/c1-14(28)10-29-21-6-5-18(25(37)31-16-8-15-12-34(2)33-23(15)20(27)9-16)24-19(21)11-30-26(32-24)38-13-17-4-7-22(36)35(17)3/h5-6,8-9,11-12,14,17,29H,4,7,10,13,28H2,1-3H3,(H,31,37)/t14-,17?/m1/s1. The predicted octanol–water partition coefficient (Wildman–Crippen LogP) is 2.67. The monoisotopic (exact) mass is 520 g/mol. The number of nitrogens with zero attached hydrogens (tertiary/aromatic N) is 5. The second kappa shape index (κ2) is 10.2. The van der Waals surface area contributed by atoms with Crippen molar-refractivity contribution in [3.05, 3.63) is 48.0 Å². The van der Waals surface area contributed by atoms with E-state index in [9.17, 15) is 14.0 Å². The quantitative estimate of drug-likeness (QED) is 0.322. The number of aryl methyl sites for hydroxylation is 1. The molecule has 0 saturated carbocycles. The van der Waals surface area contributed by atoms with Gasteiger partial charge in [-0.1, -0.05) is 0 Å². The van der Waals surface area contributed by atoms with E-state index in [4.69, 9.17) is 10.5 Å². The van der Waals surface area contributed by atoms with E-state index in [2.05, 4.69) is 25.7 Å². The van der Waals surface area contributed by atoms with Gasteiger partial charge in [-0.3, -0.25) is 14.3 Å². The predicted molar refractivity (Wildman–Crippen MR) is 142 cm³/mol. The zero-order valence-corrected chi connectivity index (χ0v) is 21.4. The number of aromatic nitrogens is 4. The molecule has 4 N–H and O–H groups in total. The minimum absolute atomic E-state index is 0.0686. The molecule has 38 heavy (non-hydrogen) atoms. The summed E-state index contributed by atoms with van der Waals surface area (Å²) in [5, 5.41) is 11.3. The average molecular weight is 521 g/mol. The van der Waals surface area contributed by atoms with Crippen molar-refractivity contribution < 1.29 is 18.7 Å². The molecule has 1 aliphatic rings. The number of nitrogens with two attached hydrogens (primary N) is 1. The number of rotatable bonds is 8. The van der Waals surface area contributed by atoms with Crippen molar-refractivity contribution in [2.24, 2.45) is 12.8 Å². The molecule has 1 aliphatic heterocycles. The van der Waals surface area contributed by atoms with E-state index in [0.29, 0.717) is 47.1 Å². The van der Waals surface area contributed by atoms with Crippen LogP contribution in [0.1, 0.15) is 30.1 Å². The Labute approximate surface area is 218 Å². The SMILES string of the molecule is C[C@@H](N)CNc1ccc(C(=O)Nc2cc(F)c3nn(C)cc3c2)c2nc(OCC3CCC(=O)N3C)ncc12. The first-order valence-corrected chi connectivity index (χ1v) is 12.3. The third kappa shape index (κ3) is 5.07. The van der Waals surface area contributed by atoms with Gasteiger partial charge in [0, 0.05) is 67.6 Å². The highest BCUT2D eigenvalue weighted by Gasteiger charge is 2.28. The van der Waals surface area contributed by atoms with Gasteiger partial charge in [-0.25, -0.2) is 9.37 Å². The smallest absolute Gasteiger partial charge is 0.317 e. The highest BCUT2D eigenvalue weighted by Crippen LogP contribution is 2.28. The van der Waals surface area contributed by atoms with Gasteiger partial charge in [-0.15, -0.1) is 0 Å². The van der Waals surface area contributed by atoms with Crippen LogP contribution in [0.2, 0.25) is 0 Å². The van der Waals surface area contributed by atoms with Gasteiger partial charge in [0.25, 0.3) is 5.91 Å². The summed E-state index contributed by atoms with van der Waals surface area (Å²) in [5.41, 5.74) is 7.76. The number of fused-ring (bicyclic) bond motifs is 2. The van der Waals surface area contributed by atoms with Crippen LogP contribution in [0.25, 0.3) is 21.8 Å². The molecule has 0 spiro atoms. The molecule has 11 nitrogen and oxygen atoms in total. The summed E-state index contributed by atoms with van der Waals surface area (Å²) in [6.45, 7) is 2.62. The molecule has 4 aromatic rings. The first kappa shape index (κ1) is 25.3. The van der Waals surface area contributed by atoms with Gasteiger partial charge in [0.15, 0.2) is 5.82 Å². The summed E-state index contributed by atoms with van der Waals surface area (Å²) >= 11 is 0. The van der Waals surface area contributed by atoms with Gasteiger partial charge in [-0.2, -0.15) is 10.1 Å². The van der Waals surface area contributed by atoms with Crippen LogP contribution in [0.4, 0.5) is 15.8 Å². The number of ether oxygens (including phenoxy) is 1. The van der Waals surface area contributed by atoms with E-state index in [1.165, 1.54) is 10.7 Å². The molecule has 1 fully saturated rings. The Balaban J connectivity index is 1.46. The van der Waals surface area contributed by atoms with E-state index >= 15 is 0 Å². The van der Waals surface area contributed by atoms with Crippen LogP contribution < -0.4 is 21.1 Å². The van der Waals surface area contributed by atoms with Crippen molar-refractivity contribution in [2.75, 3.05) is 30.8 Å². The molecule has 3 heterocycles. The molecule has 2 amide bonds. The number of halogens is 1. The van der Waals surface area contributed by atoms with Crippen LogP contribution >= 0.6 is 0 Å². The average Bonchev–Trinajstić information content (AvgIpc) is 3.41. The number of carbonyl (C=O) groups is 2. The zero-order valence-electron chi connectivity index (χ0n) is 21.4. The summed E-state index contributed by atoms with van der Waals surface area (Å²) in [6.07, 6.45) is 4.44. The van der Waals surface area contributed by atoms with Crippen molar-refractivity contribution in [2.45, 2.75) is 31.8 Å². The lowest BCUT2D eigenvalue weighted by molar-refractivity contribution is -0.127. The van der Waals surface area contributed by atoms with Crippen LogP contribution in [0, 0.1) is 5.82 Å². The summed E-state index contributed by atoms with van der Waals surface area (Å²) in [6, 6.07) is 6.21. The molecule has 5 rings (SSSR count). The molecule has 198 valence electrons. The molecule has 1 unspecified atom stereocenters. The lowest BCUT2D eigenvalue weighted by Crippen LogP contribution is -2.33. The van der Waals surface area contributed by atoms with Crippen molar-refractivity contribution in [3.8, 4) is 6.01 Å². The third-order valence-corrected chi connectivity index (χ3v) is 6.56. The van der Waals surface area contributed by atoms with Gasteiger partial charge in [0.2, 0.25) is 5.91 Å². The fraction of sp³-hybridized carbons (Fsp3) is 0.346. The minimum Gasteiger partial charge on any atom is -0.461 e. The highest BCUT2D eigenvalue weighted by molar-refractivity contribution is 6.14. The van der Waals surface area contributed by atoms with Crippen LogP contribution in [-0.2, 0) is 11.8 Å². The minimum atomic E-state index is -0.535. The largest absolute Gasteiger partial charge is 0.461 e. The van der Waals surface area contributed by atoms with E-state index in [-0.39, 0.29) is 41.7 Å². The van der Waals surface area contributed by atoms with Crippen molar-refractivity contribution in [3.63, 3.8) is 0 Å². The molecule has 2 aromatic heterocycles. The number of amides is 2. The maximum absolute atomic E-state index is 14.6. The van der Waals surface area contributed by atoms with Gasteiger partial charge in [0.1, 0.15) is 12.1 Å². The second-order valence-corrected chi connectivity index (χ2v) is 9.59. The molecule has 12 heteroatoms. The number of likely N-dealkylation sites (N-methyl/N-ethyl adjacent to an activating group) is 1. The van der Waals surface area contributed by atoms with Crippen molar-refractivity contribution in [1.29, 1.82) is 0 Å². The van der Waals surface area contributed by atoms with Crippen LogP contribution in [0.3, 0.4) is 0 Å².